The summed E-state index contributed by atoms with van der Waals surface area (Å²) in [4.78, 5) is 24.8. The number of rotatable bonds is 5. The van der Waals surface area contributed by atoms with Crippen molar-refractivity contribution in [3.8, 4) is 0 Å². The van der Waals surface area contributed by atoms with Crippen LogP contribution in [0.15, 0.2) is 30.3 Å². The Balaban J connectivity index is 1.84. The quantitative estimate of drug-likeness (QED) is 0.621. The molecular formula is C15H19N3O2. The van der Waals surface area contributed by atoms with Gasteiger partial charge in [-0.05, 0) is 36.6 Å². The highest BCUT2D eigenvalue weighted by molar-refractivity contribution is 5.94. The molecule has 0 heterocycles. The van der Waals surface area contributed by atoms with Gasteiger partial charge in [-0.1, -0.05) is 12.1 Å². The number of nitrogens with two attached hydrogens (primary N) is 1. The lowest BCUT2D eigenvalue weighted by Crippen LogP contribution is -2.38. The molecule has 0 unspecified atom stereocenters. The fourth-order valence-electron chi connectivity index (χ4n) is 1.75. The highest BCUT2D eigenvalue weighted by Gasteiger charge is 2.23. The molecule has 0 bridgehead atoms. The van der Waals surface area contributed by atoms with E-state index < -0.39 is 0 Å². The third-order valence-corrected chi connectivity index (χ3v) is 3.03. The standard InChI is InChI=1S/C15H19N3O2/c1-18(10-14(19)17-13-6-7-13)15(20)8-5-11-3-2-4-12(16)9-11/h2-5,8-9,13H,6-7,10,16H2,1H3,(H,17,19)/b8-5+. The number of hydrogen-bond acceptors (Lipinski definition) is 3. The fraction of sp³-hybridized carbons (Fsp3) is 0.333. The average molecular weight is 273 g/mol. The summed E-state index contributed by atoms with van der Waals surface area (Å²) in [6, 6.07) is 7.57. The summed E-state index contributed by atoms with van der Waals surface area (Å²) in [5.41, 5.74) is 7.17. The highest BCUT2D eigenvalue weighted by atomic mass is 16.2. The van der Waals surface area contributed by atoms with Crippen molar-refractivity contribution < 1.29 is 9.59 Å². The molecule has 0 atom stereocenters. The summed E-state index contributed by atoms with van der Waals surface area (Å²) in [6.07, 6.45) is 5.21. The predicted octanol–water partition coefficient (Wildman–Crippen LogP) is 1.02. The van der Waals surface area contributed by atoms with Gasteiger partial charge in [-0.2, -0.15) is 0 Å². The van der Waals surface area contributed by atoms with Crippen molar-refractivity contribution in [2.45, 2.75) is 18.9 Å². The summed E-state index contributed by atoms with van der Waals surface area (Å²) in [5, 5.41) is 2.85. The zero-order chi connectivity index (χ0) is 14.5. The molecule has 1 fully saturated rings. The van der Waals surface area contributed by atoms with Gasteiger partial charge in [-0.3, -0.25) is 9.59 Å². The SMILES string of the molecule is CN(CC(=O)NC1CC1)C(=O)/C=C/c1cccc(N)c1. The number of amides is 2. The minimum absolute atomic E-state index is 0.0800. The monoisotopic (exact) mass is 273 g/mol. The molecule has 0 saturated heterocycles. The van der Waals surface area contributed by atoms with Crippen molar-refractivity contribution in [2.75, 3.05) is 19.3 Å². The summed E-state index contributed by atoms with van der Waals surface area (Å²) in [6.45, 7) is 0.0800. The van der Waals surface area contributed by atoms with E-state index in [1.54, 1.807) is 25.3 Å². The van der Waals surface area contributed by atoms with Crippen LogP contribution in [0, 0.1) is 0 Å². The van der Waals surface area contributed by atoms with E-state index in [2.05, 4.69) is 5.32 Å². The molecule has 0 aliphatic heterocycles. The van der Waals surface area contributed by atoms with E-state index in [0.29, 0.717) is 11.7 Å². The molecule has 0 aromatic heterocycles. The van der Waals surface area contributed by atoms with Crippen LogP contribution in [0.4, 0.5) is 5.69 Å². The van der Waals surface area contributed by atoms with Crippen molar-refractivity contribution in [2.24, 2.45) is 0 Å². The zero-order valence-corrected chi connectivity index (χ0v) is 11.5. The van der Waals surface area contributed by atoms with Gasteiger partial charge in [0.05, 0.1) is 6.54 Å². The van der Waals surface area contributed by atoms with Crippen molar-refractivity contribution in [1.82, 2.24) is 10.2 Å². The first-order valence-corrected chi connectivity index (χ1v) is 6.62. The molecule has 2 rings (SSSR count). The minimum atomic E-state index is -0.210. The summed E-state index contributed by atoms with van der Waals surface area (Å²) in [7, 11) is 1.61. The van der Waals surface area contributed by atoms with Crippen molar-refractivity contribution in [1.29, 1.82) is 0 Å². The Bertz CT molecular complexity index is 536. The van der Waals surface area contributed by atoms with Gasteiger partial charge in [0, 0.05) is 24.9 Å². The largest absolute Gasteiger partial charge is 0.399 e. The molecule has 3 N–H and O–H groups in total. The molecule has 5 nitrogen and oxygen atoms in total. The van der Waals surface area contributed by atoms with Gasteiger partial charge in [0.15, 0.2) is 0 Å². The molecule has 1 aliphatic rings. The molecule has 1 aromatic carbocycles. The van der Waals surface area contributed by atoms with E-state index >= 15 is 0 Å². The second kappa shape index (κ2) is 6.23. The van der Waals surface area contributed by atoms with Crippen molar-refractivity contribution in [3.63, 3.8) is 0 Å². The number of likely N-dealkylation sites (N-methyl/N-ethyl adjacent to an activating group) is 1. The molecule has 20 heavy (non-hydrogen) atoms. The van der Waals surface area contributed by atoms with Crippen LogP contribution in [-0.2, 0) is 9.59 Å². The Hall–Kier alpha value is -2.30. The second-order valence-corrected chi connectivity index (χ2v) is 5.04. The van der Waals surface area contributed by atoms with Gasteiger partial charge in [-0.25, -0.2) is 0 Å². The van der Waals surface area contributed by atoms with E-state index in [4.69, 9.17) is 5.73 Å². The molecule has 106 valence electrons. The summed E-state index contributed by atoms with van der Waals surface area (Å²) >= 11 is 0. The number of carbonyl (C=O) groups is 2. The lowest BCUT2D eigenvalue weighted by Gasteiger charge is -2.14. The molecule has 0 radical (unpaired) electrons. The van der Waals surface area contributed by atoms with E-state index in [9.17, 15) is 9.59 Å². The van der Waals surface area contributed by atoms with Crippen LogP contribution < -0.4 is 11.1 Å². The third-order valence-electron chi connectivity index (χ3n) is 3.03. The normalized spacial score (nSPS) is 14.2. The van der Waals surface area contributed by atoms with Gasteiger partial charge < -0.3 is 16.0 Å². The number of nitrogens with zero attached hydrogens (tertiary/aromatic N) is 1. The smallest absolute Gasteiger partial charge is 0.246 e. The molecule has 1 aromatic rings. The Kier molecular flexibility index (Phi) is 4.40. The summed E-state index contributed by atoms with van der Waals surface area (Å²) in [5.74, 6) is -0.320. The first kappa shape index (κ1) is 14.1. The van der Waals surface area contributed by atoms with Gasteiger partial charge >= 0.3 is 0 Å². The molecule has 1 aliphatic carbocycles. The van der Waals surface area contributed by atoms with Crippen LogP contribution >= 0.6 is 0 Å². The number of benzene rings is 1. The summed E-state index contributed by atoms with van der Waals surface area (Å²) < 4.78 is 0. The minimum Gasteiger partial charge on any atom is -0.399 e. The van der Waals surface area contributed by atoms with Crippen molar-refractivity contribution >= 4 is 23.6 Å². The third kappa shape index (κ3) is 4.42. The number of hydrogen-bond donors (Lipinski definition) is 2. The number of anilines is 1. The van der Waals surface area contributed by atoms with Gasteiger partial charge in [0.25, 0.3) is 0 Å². The number of nitrogens with one attached hydrogen (secondary N) is 1. The van der Waals surface area contributed by atoms with Gasteiger partial charge in [0.1, 0.15) is 0 Å². The van der Waals surface area contributed by atoms with Crippen LogP contribution in [-0.4, -0.2) is 36.3 Å². The molecule has 5 heteroatoms. The maximum absolute atomic E-state index is 11.9. The maximum atomic E-state index is 11.9. The van der Waals surface area contributed by atoms with Crippen molar-refractivity contribution in [3.05, 3.63) is 35.9 Å². The molecule has 1 saturated carbocycles. The van der Waals surface area contributed by atoms with Crippen LogP contribution in [0.5, 0.6) is 0 Å². The topological polar surface area (TPSA) is 75.4 Å². The number of carbonyl (C=O) groups excluding carboxylic acids is 2. The fourth-order valence-corrected chi connectivity index (χ4v) is 1.75. The van der Waals surface area contributed by atoms with E-state index in [0.717, 1.165) is 18.4 Å². The Morgan fingerprint density at radius 2 is 2.20 bits per heavy atom. The zero-order valence-electron chi connectivity index (χ0n) is 11.5. The van der Waals surface area contributed by atoms with Crippen LogP contribution in [0.3, 0.4) is 0 Å². The van der Waals surface area contributed by atoms with Gasteiger partial charge in [-0.15, -0.1) is 0 Å². The predicted molar refractivity (Wildman–Crippen MR) is 78.7 cm³/mol. The second-order valence-electron chi connectivity index (χ2n) is 5.04. The Labute approximate surface area is 118 Å². The molecule has 2 amide bonds. The van der Waals surface area contributed by atoms with Crippen LogP contribution in [0.1, 0.15) is 18.4 Å². The van der Waals surface area contributed by atoms with Gasteiger partial charge in [0.2, 0.25) is 11.8 Å². The lowest BCUT2D eigenvalue weighted by atomic mass is 10.2. The van der Waals surface area contributed by atoms with E-state index in [1.807, 2.05) is 12.1 Å². The Morgan fingerprint density at radius 1 is 1.45 bits per heavy atom. The Morgan fingerprint density at radius 3 is 2.85 bits per heavy atom. The highest BCUT2D eigenvalue weighted by Crippen LogP contribution is 2.18. The maximum Gasteiger partial charge on any atom is 0.246 e. The van der Waals surface area contributed by atoms with Crippen LogP contribution in [0.2, 0.25) is 0 Å². The molecule has 0 spiro atoms. The van der Waals surface area contributed by atoms with Crippen LogP contribution in [0.25, 0.3) is 6.08 Å². The lowest BCUT2D eigenvalue weighted by molar-refractivity contribution is -0.131. The van der Waals surface area contributed by atoms with E-state index in [-0.39, 0.29) is 18.4 Å². The molecular weight excluding hydrogens is 254 g/mol. The first-order chi connectivity index (χ1) is 9.54. The first-order valence-electron chi connectivity index (χ1n) is 6.62. The number of nitrogen functional groups attached to an aromatic ring is 1. The van der Waals surface area contributed by atoms with E-state index in [1.165, 1.54) is 11.0 Å². The average Bonchev–Trinajstić information content (AvgIpc) is 3.19.